The first kappa shape index (κ1) is 19.6. The van der Waals surface area contributed by atoms with E-state index >= 15 is 0 Å². The normalized spacial score (nSPS) is 17.5. The smallest absolute Gasteiger partial charge is 0.323 e. The Bertz CT molecular complexity index is 704. The van der Waals surface area contributed by atoms with E-state index in [4.69, 9.17) is 10.8 Å². The molecule has 0 bridgehead atoms. The molecule has 1 aliphatic rings. The third kappa shape index (κ3) is 4.90. The van der Waals surface area contributed by atoms with Gasteiger partial charge in [-0.2, -0.15) is 0 Å². The van der Waals surface area contributed by atoms with Gasteiger partial charge in [-0.25, -0.2) is 0 Å². The highest BCUT2D eigenvalue weighted by atomic mass is 16.4. The number of benzene rings is 1. The van der Waals surface area contributed by atoms with Crippen LogP contribution in [0, 0.1) is 0 Å². The number of anilines is 1. The van der Waals surface area contributed by atoms with Crippen molar-refractivity contribution in [2.75, 3.05) is 18.0 Å². The lowest BCUT2D eigenvalue weighted by atomic mass is 10.1. The van der Waals surface area contributed by atoms with Crippen molar-refractivity contribution in [2.45, 2.75) is 31.3 Å². The number of hydrogen-bond donors (Lipinski definition) is 4. The number of carbonyl (C=O) groups excluding carboxylic acids is 1. The predicted molar refractivity (Wildman–Crippen MR) is 96.7 cm³/mol. The molecule has 0 aliphatic carbocycles. The Morgan fingerprint density at radius 3 is 2.62 bits per heavy atom. The largest absolute Gasteiger partial charge is 0.480 e. The van der Waals surface area contributed by atoms with Gasteiger partial charge in [0, 0.05) is 0 Å². The second-order valence-corrected chi connectivity index (χ2v) is 6.06. The van der Waals surface area contributed by atoms with Crippen LogP contribution < -0.4 is 16.0 Å². The van der Waals surface area contributed by atoms with Crippen LogP contribution in [0.25, 0.3) is 6.08 Å². The lowest BCUT2D eigenvalue weighted by Gasteiger charge is -2.26. The topological polar surface area (TPSA) is 133 Å². The summed E-state index contributed by atoms with van der Waals surface area (Å²) in [5, 5.41) is 21.4. The van der Waals surface area contributed by atoms with Crippen molar-refractivity contribution in [3.8, 4) is 0 Å². The maximum atomic E-state index is 12.9. The molecule has 26 heavy (non-hydrogen) atoms. The van der Waals surface area contributed by atoms with Crippen LogP contribution in [-0.2, 0) is 14.4 Å². The summed E-state index contributed by atoms with van der Waals surface area (Å²) in [6.45, 7) is -0.0308. The van der Waals surface area contributed by atoms with Gasteiger partial charge in [0.1, 0.15) is 18.6 Å². The molecule has 0 radical (unpaired) electrons. The molecule has 140 valence electrons. The fourth-order valence-corrected chi connectivity index (χ4v) is 2.86. The van der Waals surface area contributed by atoms with Gasteiger partial charge >= 0.3 is 11.9 Å². The lowest BCUT2D eigenvalue weighted by Crippen LogP contribution is -2.52. The molecular formula is C18H23N3O5. The Hall–Kier alpha value is -2.71. The van der Waals surface area contributed by atoms with Crippen LogP contribution >= 0.6 is 0 Å². The molecular weight excluding hydrogens is 338 g/mol. The van der Waals surface area contributed by atoms with Crippen LogP contribution in [0.3, 0.4) is 0 Å². The molecule has 5 N–H and O–H groups in total. The van der Waals surface area contributed by atoms with Gasteiger partial charge in [-0.1, -0.05) is 36.8 Å². The zero-order chi connectivity index (χ0) is 19.1. The lowest BCUT2D eigenvalue weighted by molar-refractivity contribution is -0.140. The molecule has 0 fully saturated rings. The number of hydrogen-bond acceptors (Lipinski definition) is 5. The van der Waals surface area contributed by atoms with Gasteiger partial charge in [-0.15, -0.1) is 0 Å². The molecule has 2 rings (SSSR count). The number of amides is 1. The summed E-state index contributed by atoms with van der Waals surface area (Å²) in [5.41, 5.74) is 6.61. The zero-order valence-electron chi connectivity index (χ0n) is 14.3. The minimum absolute atomic E-state index is 0.329. The second kappa shape index (κ2) is 9.12. The molecule has 0 unspecified atom stereocenters. The van der Waals surface area contributed by atoms with E-state index in [0.717, 1.165) is 4.90 Å². The average molecular weight is 361 g/mol. The summed E-state index contributed by atoms with van der Waals surface area (Å²) < 4.78 is 0. The van der Waals surface area contributed by atoms with E-state index in [1.54, 1.807) is 36.4 Å². The summed E-state index contributed by atoms with van der Waals surface area (Å²) in [5.74, 6) is -2.71. The molecule has 0 saturated carbocycles. The van der Waals surface area contributed by atoms with E-state index in [2.05, 4.69) is 5.32 Å². The first-order valence-electron chi connectivity index (χ1n) is 8.43. The van der Waals surface area contributed by atoms with E-state index in [9.17, 15) is 19.5 Å². The molecule has 0 aromatic heterocycles. The molecule has 2 atom stereocenters. The molecule has 1 aromatic rings. The number of carboxylic acids is 2. The number of nitrogens with one attached hydrogen (secondary N) is 1. The fourth-order valence-electron chi connectivity index (χ4n) is 2.86. The van der Waals surface area contributed by atoms with Crippen molar-refractivity contribution < 1.29 is 24.6 Å². The standard InChI is InChI=1S/C18H23N3O5/c19-10-4-3-6-14(18(25)26)20-13-9-8-12-5-1-2-7-15(12)21(17(13)24)11-16(22)23/h1-2,5,7-9,13-14,20H,3-4,6,10-11,19H2,(H,22,23)(H,25,26)/t13-,14-/m0/s1. The van der Waals surface area contributed by atoms with E-state index < -0.39 is 36.5 Å². The Balaban J connectivity index is 2.25. The molecule has 1 aliphatic heterocycles. The molecule has 0 saturated heterocycles. The van der Waals surface area contributed by atoms with Crippen molar-refractivity contribution >= 4 is 29.6 Å². The number of aliphatic carboxylic acids is 2. The van der Waals surface area contributed by atoms with Crippen LogP contribution in [-0.4, -0.2) is 53.2 Å². The monoisotopic (exact) mass is 361 g/mol. The summed E-state index contributed by atoms with van der Waals surface area (Å²) in [7, 11) is 0. The van der Waals surface area contributed by atoms with Crippen molar-refractivity contribution in [2.24, 2.45) is 5.73 Å². The molecule has 0 spiro atoms. The zero-order valence-corrected chi connectivity index (χ0v) is 14.3. The van der Waals surface area contributed by atoms with Crippen molar-refractivity contribution in [1.29, 1.82) is 0 Å². The number of nitrogens with two attached hydrogens (primary N) is 1. The Morgan fingerprint density at radius 2 is 1.96 bits per heavy atom. The maximum Gasteiger partial charge on any atom is 0.323 e. The van der Waals surface area contributed by atoms with Crippen LogP contribution in [0.5, 0.6) is 0 Å². The summed E-state index contributed by atoms with van der Waals surface area (Å²) in [6.07, 6.45) is 4.91. The first-order chi connectivity index (χ1) is 12.4. The van der Waals surface area contributed by atoms with E-state index in [0.29, 0.717) is 37.1 Å². The number of unbranched alkanes of at least 4 members (excludes halogenated alkanes) is 1. The second-order valence-electron chi connectivity index (χ2n) is 6.06. The highest BCUT2D eigenvalue weighted by molar-refractivity contribution is 6.05. The van der Waals surface area contributed by atoms with Gasteiger partial charge in [0.05, 0.1) is 5.69 Å². The molecule has 1 amide bonds. The van der Waals surface area contributed by atoms with Crippen molar-refractivity contribution in [3.63, 3.8) is 0 Å². The van der Waals surface area contributed by atoms with Crippen molar-refractivity contribution in [1.82, 2.24) is 5.32 Å². The predicted octanol–water partition coefficient (Wildman–Crippen LogP) is 0.671. The van der Waals surface area contributed by atoms with Gasteiger partial charge in [0.25, 0.3) is 0 Å². The Morgan fingerprint density at radius 1 is 1.23 bits per heavy atom. The third-order valence-corrected chi connectivity index (χ3v) is 4.15. The quantitative estimate of drug-likeness (QED) is 0.475. The van der Waals surface area contributed by atoms with Gasteiger partial charge in [-0.05, 0) is 31.0 Å². The number of carbonyl (C=O) groups is 3. The summed E-state index contributed by atoms with van der Waals surface area (Å²) in [4.78, 5) is 36.7. The highest BCUT2D eigenvalue weighted by Crippen LogP contribution is 2.26. The van der Waals surface area contributed by atoms with E-state index in [1.807, 2.05) is 0 Å². The van der Waals surface area contributed by atoms with Crippen LogP contribution in [0.1, 0.15) is 24.8 Å². The first-order valence-corrected chi connectivity index (χ1v) is 8.43. The van der Waals surface area contributed by atoms with Crippen LogP contribution in [0.2, 0.25) is 0 Å². The minimum atomic E-state index is -1.15. The summed E-state index contributed by atoms with van der Waals surface area (Å²) >= 11 is 0. The molecule has 8 nitrogen and oxygen atoms in total. The number of rotatable bonds is 9. The molecule has 8 heteroatoms. The Kier molecular flexibility index (Phi) is 6.88. The number of para-hydroxylation sites is 1. The average Bonchev–Trinajstić information content (AvgIpc) is 2.72. The van der Waals surface area contributed by atoms with Crippen LogP contribution in [0.15, 0.2) is 30.3 Å². The molecule has 1 aromatic carbocycles. The fraction of sp³-hybridized carbons (Fsp3) is 0.389. The SMILES string of the molecule is NCCCC[C@H](N[C@H]1C=Cc2ccccc2N(CC(=O)O)C1=O)C(=O)O. The molecule has 1 heterocycles. The van der Waals surface area contributed by atoms with Gasteiger partial charge in [0.2, 0.25) is 5.91 Å². The van der Waals surface area contributed by atoms with Gasteiger partial charge < -0.3 is 15.9 Å². The Labute approximate surface area is 151 Å². The minimum Gasteiger partial charge on any atom is -0.480 e. The van der Waals surface area contributed by atoms with Crippen molar-refractivity contribution in [3.05, 3.63) is 35.9 Å². The van der Waals surface area contributed by atoms with E-state index in [1.165, 1.54) is 0 Å². The number of fused-ring (bicyclic) bond motifs is 1. The number of carboxylic acid groups (broad SMARTS) is 2. The summed E-state index contributed by atoms with van der Waals surface area (Å²) in [6, 6.07) is 5.09. The van der Waals surface area contributed by atoms with Crippen LogP contribution in [0.4, 0.5) is 5.69 Å². The van der Waals surface area contributed by atoms with Gasteiger partial charge in [-0.3, -0.25) is 24.6 Å². The third-order valence-electron chi connectivity index (χ3n) is 4.15. The highest BCUT2D eigenvalue weighted by Gasteiger charge is 2.31. The van der Waals surface area contributed by atoms with Gasteiger partial charge in [0.15, 0.2) is 0 Å². The van der Waals surface area contributed by atoms with E-state index in [-0.39, 0.29) is 0 Å². The number of nitrogens with zero attached hydrogens (tertiary/aromatic N) is 1. The maximum absolute atomic E-state index is 12.9.